The molecule has 31 heavy (non-hydrogen) atoms. The highest BCUT2D eigenvalue weighted by atomic mass is 32.2. The van der Waals surface area contributed by atoms with Crippen LogP contribution in [-0.2, 0) is 19.0 Å². The van der Waals surface area contributed by atoms with Crippen LogP contribution >= 0.6 is 19.4 Å². The monoisotopic (exact) mass is 477 g/mol. The Kier molecular flexibility index (Phi) is 17.4. The Morgan fingerprint density at radius 3 is 2.35 bits per heavy atom. The van der Waals surface area contributed by atoms with Crippen molar-refractivity contribution < 1.29 is 23.9 Å². The van der Waals surface area contributed by atoms with E-state index in [-0.39, 0.29) is 18.7 Å². The minimum Gasteiger partial charge on any atom is -0.324 e. The third kappa shape index (κ3) is 14.8. The summed E-state index contributed by atoms with van der Waals surface area (Å²) in [5.74, 6) is 2.77. The summed E-state index contributed by atoms with van der Waals surface area (Å²) < 4.78 is 17.4. The van der Waals surface area contributed by atoms with Crippen molar-refractivity contribution in [2.75, 3.05) is 24.3 Å². The van der Waals surface area contributed by atoms with Crippen molar-refractivity contribution in [1.82, 2.24) is 0 Å². The van der Waals surface area contributed by atoms with Crippen LogP contribution in [0.1, 0.15) is 103 Å². The highest BCUT2D eigenvalue weighted by Crippen LogP contribution is 2.46. The molecule has 0 aliphatic heterocycles. The van der Waals surface area contributed by atoms with Crippen LogP contribution in [0.4, 0.5) is 0 Å². The van der Waals surface area contributed by atoms with Crippen molar-refractivity contribution >= 4 is 25.6 Å². The summed E-state index contributed by atoms with van der Waals surface area (Å²) in [5, 5.41) is 13.0. The molecule has 0 aromatic heterocycles. The van der Waals surface area contributed by atoms with Gasteiger partial charge in [0.05, 0.1) is 12.8 Å². The molecule has 1 saturated carbocycles. The van der Waals surface area contributed by atoms with Gasteiger partial charge in [-0.3, -0.25) is 4.57 Å². The molecule has 1 rings (SSSR count). The third-order valence-electron chi connectivity index (χ3n) is 6.33. The van der Waals surface area contributed by atoms with E-state index in [2.05, 4.69) is 0 Å². The standard InChI is InChI=1S/C24H46O5PS/c1-2-18-29-30(27,28)21-24(26)23(22-14-8-6-9-15-22)16-10-4-3-5-12-19-31-20-13-7-11-17-25/h17,22-24H,2-16,18-21H2,1H3,(H,27,28). The number of hydrogen-bond acceptors (Lipinski definition) is 4. The van der Waals surface area contributed by atoms with Gasteiger partial charge in [0.25, 0.3) is 0 Å². The van der Waals surface area contributed by atoms with Crippen molar-refractivity contribution in [2.24, 2.45) is 11.8 Å². The van der Waals surface area contributed by atoms with Gasteiger partial charge in [-0.15, -0.1) is 0 Å². The molecule has 1 radical (unpaired) electrons. The van der Waals surface area contributed by atoms with Crippen LogP contribution < -0.4 is 0 Å². The van der Waals surface area contributed by atoms with Crippen molar-refractivity contribution in [3.8, 4) is 0 Å². The summed E-state index contributed by atoms with van der Waals surface area (Å²) in [4.78, 5) is 20.3. The largest absolute Gasteiger partial charge is 0.330 e. The normalized spacial score (nSPS) is 19.1. The Hall–Kier alpha value is 0.130. The van der Waals surface area contributed by atoms with Crippen LogP contribution in [0, 0.1) is 11.8 Å². The molecule has 3 unspecified atom stereocenters. The zero-order chi connectivity index (χ0) is 22.8. The lowest BCUT2D eigenvalue weighted by molar-refractivity contribution is -0.107. The second kappa shape index (κ2) is 18.5. The molecule has 5 nitrogen and oxygen atoms in total. The van der Waals surface area contributed by atoms with Gasteiger partial charge in [-0.1, -0.05) is 64.7 Å². The molecule has 0 amide bonds. The number of carbonyl (C=O) groups excluding carboxylic acids is 1. The summed E-state index contributed by atoms with van der Waals surface area (Å²) in [6, 6.07) is 0. The smallest absolute Gasteiger partial charge is 0.324 e. The van der Waals surface area contributed by atoms with Crippen LogP contribution in [0.5, 0.6) is 0 Å². The second-order valence-electron chi connectivity index (χ2n) is 9.08. The van der Waals surface area contributed by atoms with Gasteiger partial charge in [0.1, 0.15) is 12.4 Å². The van der Waals surface area contributed by atoms with Gasteiger partial charge in [0, 0.05) is 6.42 Å². The van der Waals surface area contributed by atoms with Crippen LogP contribution in [0.3, 0.4) is 0 Å². The molecule has 0 aromatic rings. The maximum absolute atomic E-state index is 13.0. The SMILES string of the molecule is CCCOP(=O)(O)CC([O])C(CCCCCCCSCCCCC=O)C1CCCCC1. The Morgan fingerprint density at radius 2 is 1.68 bits per heavy atom. The minimum absolute atomic E-state index is 0.00734. The van der Waals surface area contributed by atoms with Crippen LogP contribution in [0.25, 0.3) is 0 Å². The summed E-state index contributed by atoms with van der Waals surface area (Å²) >= 11 is 1.99. The van der Waals surface area contributed by atoms with E-state index < -0.39 is 13.7 Å². The highest BCUT2D eigenvalue weighted by Gasteiger charge is 2.35. The zero-order valence-corrected chi connectivity index (χ0v) is 21.4. The zero-order valence-electron chi connectivity index (χ0n) is 19.7. The second-order valence-corrected chi connectivity index (χ2v) is 12.2. The van der Waals surface area contributed by atoms with E-state index >= 15 is 0 Å². The molecule has 0 bridgehead atoms. The van der Waals surface area contributed by atoms with E-state index in [1.165, 1.54) is 44.3 Å². The number of aldehydes is 1. The van der Waals surface area contributed by atoms with E-state index in [0.29, 0.717) is 18.8 Å². The molecule has 183 valence electrons. The van der Waals surface area contributed by atoms with Gasteiger partial charge in [-0.05, 0) is 55.4 Å². The first-order valence-corrected chi connectivity index (χ1v) is 15.6. The van der Waals surface area contributed by atoms with E-state index in [1.54, 1.807) is 0 Å². The Bertz CT molecular complexity index is 485. The summed E-state index contributed by atoms with van der Waals surface area (Å²) in [6.07, 6.45) is 15.8. The Labute approximate surface area is 195 Å². The van der Waals surface area contributed by atoms with Crippen LogP contribution in [0.15, 0.2) is 0 Å². The third-order valence-corrected chi connectivity index (χ3v) is 8.89. The van der Waals surface area contributed by atoms with Gasteiger partial charge in [0.2, 0.25) is 0 Å². The first-order valence-electron chi connectivity index (χ1n) is 12.6. The minimum atomic E-state index is -3.77. The average molecular weight is 478 g/mol. The molecule has 3 atom stereocenters. The Morgan fingerprint density at radius 1 is 1.03 bits per heavy atom. The van der Waals surface area contributed by atoms with Gasteiger partial charge in [-0.25, -0.2) is 5.11 Å². The van der Waals surface area contributed by atoms with E-state index in [1.807, 2.05) is 18.7 Å². The van der Waals surface area contributed by atoms with Gasteiger partial charge >= 0.3 is 7.60 Å². The molecular formula is C24H46O5PS. The average Bonchev–Trinajstić information content (AvgIpc) is 2.76. The maximum Gasteiger partial charge on any atom is 0.330 e. The molecule has 1 aliphatic carbocycles. The predicted octanol–water partition coefficient (Wildman–Crippen LogP) is 7.04. The first-order chi connectivity index (χ1) is 15.0. The number of carbonyl (C=O) groups is 1. The predicted molar refractivity (Wildman–Crippen MR) is 130 cm³/mol. The summed E-state index contributed by atoms with van der Waals surface area (Å²) in [5.41, 5.74) is 0. The molecule has 0 saturated heterocycles. The lowest BCUT2D eigenvalue weighted by Gasteiger charge is -2.33. The fourth-order valence-corrected chi connectivity index (χ4v) is 6.90. The summed E-state index contributed by atoms with van der Waals surface area (Å²) in [7, 11) is -3.77. The maximum atomic E-state index is 13.0. The van der Waals surface area contributed by atoms with E-state index in [4.69, 9.17) is 4.52 Å². The summed E-state index contributed by atoms with van der Waals surface area (Å²) in [6.45, 7) is 2.14. The Balaban J connectivity index is 2.27. The fraction of sp³-hybridized carbons (Fsp3) is 0.958. The lowest BCUT2D eigenvalue weighted by Crippen LogP contribution is -2.31. The molecule has 7 heteroatoms. The molecule has 0 spiro atoms. The molecule has 0 heterocycles. The topological polar surface area (TPSA) is 83.5 Å². The lowest BCUT2D eigenvalue weighted by atomic mass is 9.75. The molecular weight excluding hydrogens is 431 g/mol. The number of unbranched alkanes of at least 4 members (excludes halogenated alkanes) is 6. The van der Waals surface area contributed by atoms with Crippen molar-refractivity contribution in [3.63, 3.8) is 0 Å². The van der Waals surface area contributed by atoms with E-state index in [0.717, 1.165) is 57.0 Å². The quantitative estimate of drug-likeness (QED) is 0.115. The van der Waals surface area contributed by atoms with Gasteiger partial charge in [0.15, 0.2) is 0 Å². The fourth-order valence-electron chi connectivity index (χ4n) is 4.59. The molecule has 0 aromatic carbocycles. The molecule has 1 aliphatic rings. The van der Waals surface area contributed by atoms with Crippen LogP contribution in [0.2, 0.25) is 0 Å². The van der Waals surface area contributed by atoms with Crippen molar-refractivity contribution in [1.29, 1.82) is 0 Å². The van der Waals surface area contributed by atoms with Gasteiger partial charge in [-0.2, -0.15) is 11.8 Å². The van der Waals surface area contributed by atoms with Crippen molar-refractivity contribution in [2.45, 2.75) is 109 Å². The molecule has 1 fully saturated rings. The highest BCUT2D eigenvalue weighted by molar-refractivity contribution is 7.99. The van der Waals surface area contributed by atoms with Crippen LogP contribution in [-0.4, -0.2) is 41.6 Å². The number of hydrogen-bond donors (Lipinski definition) is 1. The number of rotatable bonds is 20. The molecule has 1 N–H and O–H groups in total. The van der Waals surface area contributed by atoms with E-state index in [9.17, 15) is 19.4 Å². The van der Waals surface area contributed by atoms with Crippen molar-refractivity contribution in [3.05, 3.63) is 0 Å². The number of thioether (sulfide) groups is 1. The first kappa shape index (κ1) is 29.2. The van der Waals surface area contributed by atoms with Gasteiger partial charge < -0.3 is 14.2 Å².